The topological polar surface area (TPSA) is 50.7 Å². The normalized spacial score (nSPS) is 10.9. The summed E-state index contributed by atoms with van der Waals surface area (Å²) in [7, 11) is 0. The predicted octanol–water partition coefficient (Wildman–Crippen LogP) is 3.45. The highest BCUT2D eigenvalue weighted by molar-refractivity contribution is 7.11. The lowest BCUT2D eigenvalue weighted by Crippen LogP contribution is -2.02. The van der Waals surface area contributed by atoms with E-state index in [1.807, 2.05) is 13.8 Å². The van der Waals surface area contributed by atoms with Crippen LogP contribution in [0.3, 0.4) is 0 Å². The molecule has 0 atom stereocenters. The van der Waals surface area contributed by atoms with E-state index in [0.29, 0.717) is 17.7 Å². The Morgan fingerprint density at radius 2 is 2.10 bits per heavy atom. The third-order valence-corrected chi connectivity index (χ3v) is 4.15. The first kappa shape index (κ1) is 12.9. The molecule has 102 valence electrons. The number of halogens is 1. The number of nitrogens with zero attached hydrogens (tertiary/aromatic N) is 3. The second-order valence-electron chi connectivity index (χ2n) is 4.49. The summed E-state index contributed by atoms with van der Waals surface area (Å²) in [5, 5.41) is 4.87. The second-order valence-corrected chi connectivity index (χ2v) is 5.77. The van der Waals surface area contributed by atoms with Gasteiger partial charge in [-0.15, -0.1) is 11.3 Å². The SMILES string of the molecule is Cc1nc(CNc2ncnc3ccc(F)cc23)sc1C. The quantitative estimate of drug-likeness (QED) is 0.802. The maximum absolute atomic E-state index is 13.3. The van der Waals surface area contributed by atoms with Crippen LogP contribution in [0.5, 0.6) is 0 Å². The number of thiazole rings is 1. The van der Waals surface area contributed by atoms with Crippen LogP contribution in [0.25, 0.3) is 10.9 Å². The van der Waals surface area contributed by atoms with Gasteiger partial charge in [-0.05, 0) is 32.0 Å². The van der Waals surface area contributed by atoms with Gasteiger partial charge in [0.1, 0.15) is 23.0 Å². The molecule has 3 rings (SSSR count). The molecule has 0 aliphatic rings. The summed E-state index contributed by atoms with van der Waals surface area (Å²) in [6.07, 6.45) is 1.47. The van der Waals surface area contributed by atoms with E-state index >= 15 is 0 Å². The smallest absolute Gasteiger partial charge is 0.137 e. The highest BCUT2D eigenvalue weighted by Gasteiger charge is 2.07. The molecule has 20 heavy (non-hydrogen) atoms. The Bertz CT molecular complexity index is 749. The van der Waals surface area contributed by atoms with Crippen molar-refractivity contribution in [3.8, 4) is 0 Å². The minimum atomic E-state index is -0.295. The number of hydrogen-bond donors (Lipinski definition) is 1. The van der Waals surface area contributed by atoms with E-state index in [-0.39, 0.29) is 5.82 Å². The summed E-state index contributed by atoms with van der Waals surface area (Å²) < 4.78 is 13.3. The second kappa shape index (κ2) is 5.13. The zero-order valence-electron chi connectivity index (χ0n) is 11.1. The molecule has 0 saturated heterocycles. The van der Waals surface area contributed by atoms with Gasteiger partial charge in [-0.2, -0.15) is 0 Å². The fraction of sp³-hybridized carbons (Fsp3) is 0.214. The molecule has 1 N–H and O–H groups in total. The number of fused-ring (bicyclic) bond motifs is 1. The van der Waals surface area contributed by atoms with Crippen molar-refractivity contribution in [2.75, 3.05) is 5.32 Å². The molecule has 3 aromatic rings. The Morgan fingerprint density at radius 3 is 2.85 bits per heavy atom. The molecular formula is C14H13FN4S. The van der Waals surface area contributed by atoms with Gasteiger partial charge in [0.05, 0.1) is 17.8 Å². The van der Waals surface area contributed by atoms with Crippen LogP contribution in [0.15, 0.2) is 24.5 Å². The van der Waals surface area contributed by atoms with Crippen molar-refractivity contribution in [3.05, 3.63) is 45.9 Å². The molecule has 0 bridgehead atoms. The standard InChI is InChI=1S/C14H13FN4S/c1-8-9(2)20-13(19-8)6-16-14-11-5-10(15)3-4-12(11)17-7-18-14/h3-5,7H,6H2,1-2H3,(H,16,17,18). The van der Waals surface area contributed by atoms with Gasteiger partial charge in [0, 0.05) is 10.3 Å². The van der Waals surface area contributed by atoms with Gasteiger partial charge in [-0.25, -0.2) is 19.3 Å². The summed E-state index contributed by atoms with van der Waals surface area (Å²) in [4.78, 5) is 14.0. The molecule has 0 amide bonds. The van der Waals surface area contributed by atoms with E-state index in [4.69, 9.17) is 0 Å². The molecule has 0 aliphatic carbocycles. The predicted molar refractivity (Wildman–Crippen MR) is 78.4 cm³/mol. The molecule has 0 aliphatic heterocycles. The number of aromatic nitrogens is 3. The van der Waals surface area contributed by atoms with Crippen LogP contribution in [0.1, 0.15) is 15.6 Å². The van der Waals surface area contributed by atoms with Crippen LogP contribution in [0.2, 0.25) is 0 Å². The van der Waals surface area contributed by atoms with E-state index < -0.39 is 0 Å². The lowest BCUT2D eigenvalue weighted by atomic mass is 10.2. The van der Waals surface area contributed by atoms with Crippen LogP contribution >= 0.6 is 11.3 Å². The first-order valence-electron chi connectivity index (χ1n) is 6.20. The van der Waals surface area contributed by atoms with Crippen LogP contribution in [-0.4, -0.2) is 15.0 Å². The molecule has 1 aromatic carbocycles. The number of nitrogens with one attached hydrogen (secondary N) is 1. The number of benzene rings is 1. The highest BCUT2D eigenvalue weighted by atomic mass is 32.1. The average molecular weight is 288 g/mol. The van der Waals surface area contributed by atoms with Gasteiger partial charge in [-0.3, -0.25) is 0 Å². The van der Waals surface area contributed by atoms with Crippen LogP contribution in [0.4, 0.5) is 10.2 Å². The molecular weight excluding hydrogens is 275 g/mol. The van der Waals surface area contributed by atoms with Gasteiger partial charge < -0.3 is 5.32 Å². The monoisotopic (exact) mass is 288 g/mol. The fourth-order valence-corrected chi connectivity index (χ4v) is 2.82. The van der Waals surface area contributed by atoms with E-state index in [2.05, 4.69) is 20.3 Å². The molecule has 2 heterocycles. The minimum Gasteiger partial charge on any atom is -0.363 e. The van der Waals surface area contributed by atoms with Crippen molar-refractivity contribution in [3.63, 3.8) is 0 Å². The van der Waals surface area contributed by atoms with Gasteiger partial charge in [0.15, 0.2) is 0 Å². The molecule has 0 radical (unpaired) electrons. The van der Waals surface area contributed by atoms with Crippen molar-refractivity contribution in [2.24, 2.45) is 0 Å². The maximum Gasteiger partial charge on any atom is 0.137 e. The Morgan fingerprint density at radius 1 is 1.25 bits per heavy atom. The summed E-state index contributed by atoms with van der Waals surface area (Å²) in [5.41, 5.74) is 1.76. The minimum absolute atomic E-state index is 0.295. The van der Waals surface area contributed by atoms with Gasteiger partial charge in [0.2, 0.25) is 0 Å². The zero-order chi connectivity index (χ0) is 14.1. The van der Waals surface area contributed by atoms with Crippen molar-refractivity contribution < 1.29 is 4.39 Å². The van der Waals surface area contributed by atoms with Gasteiger partial charge >= 0.3 is 0 Å². The number of hydrogen-bond acceptors (Lipinski definition) is 5. The summed E-state index contributed by atoms with van der Waals surface area (Å²) in [5.74, 6) is 0.330. The van der Waals surface area contributed by atoms with Crippen molar-refractivity contribution in [1.29, 1.82) is 0 Å². The molecule has 0 unspecified atom stereocenters. The Hall–Kier alpha value is -2.08. The zero-order valence-corrected chi connectivity index (χ0v) is 12.0. The van der Waals surface area contributed by atoms with Crippen molar-refractivity contribution in [2.45, 2.75) is 20.4 Å². The molecule has 0 spiro atoms. The fourth-order valence-electron chi connectivity index (χ4n) is 1.94. The van der Waals surface area contributed by atoms with E-state index in [9.17, 15) is 4.39 Å². The van der Waals surface area contributed by atoms with Crippen LogP contribution < -0.4 is 5.32 Å². The van der Waals surface area contributed by atoms with Crippen molar-refractivity contribution in [1.82, 2.24) is 15.0 Å². The molecule has 0 saturated carbocycles. The average Bonchev–Trinajstić information content (AvgIpc) is 2.75. The Kier molecular flexibility index (Phi) is 3.31. The third kappa shape index (κ3) is 2.46. The first-order valence-corrected chi connectivity index (χ1v) is 7.02. The van der Waals surface area contributed by atoms with E-state index in [1.165, 1.54) is 23.3 Å². The number of rotatable bonds is 3. The largest absolute Gasteiger partial charge is 0.363 e. The number of anilines is 1. The lowest BCUT2D eigenvalue weighted by Gasteiger charge is -2.06. The summed E-state index contributed by atoms with van der Waals surface area (Å²) in [6.45, 7) is 4.61. The Labute approximate surface area is 119 Å². The van der Waals surface area contributed by atoms with Gasteiger partial charge in [0.25, 0.3) is 0 Å². The maximum atomic E-state index is 13.3. The van der Waals surface area contributed by atoms with E-state index in [0.717, 1.165) is 16.2 Å². The third-order valence-electron chi connectivity index (χ3n) is 3.08. The number of aryl methyl sites for hydroxylation is 2. The molecule has 4 nitrogen and oxygen atoms in total. The van der Waals surface area contributed by atoms with Crippen LogP contribution in [-0.2, 0) is 6.54 Å². The first-order chi connectivity index (χ1) is 9.63. The van der Waals surface area contributed by atoms with Gasteiger partial charge in [-0.1, -0.05) is 0 Å². The lowest BCUT2D eigenvalue weighted by molar-refractivity contribution is 0.629. The molecule has 0 fully saturated rings. The summed E-state index contributed by atoms with van der Waals surface area (Å²) in [6, 6.07) is 4.48. The van der Waals surface area contributed by atoms with Crippen LogP contribution in [0, 0.1) is 19.7 Å². The highest BCUT2D eigenvalue weighted by Crippen LogP contribution is 2.22. The molecule has 2 aromatic heterocycles. The Balaban J connectivity index is 1.89. The van der Waals surface area contributed by atoms with E-state index in [1.54, 1.807) is 17.4 Å². The van der Waals surface area contributed by atoms with Crippen molar-refractivity contribution >= 4 is 28.1 Å². The molecule has 6 heteroatoms. The summed E-state index contributed by atoms with van der Waals surface area (Å²) >= 11 is 1.65.